The zero-order valence-electron chi connectivity index (χ0n) is 15.3. The number of rotatable bonds is 7. The third kappa shape index (κ3) is 4.69. The van der Waals surface area contributed by atoms with Crippen LogP contribution in [0.25, 0.3) is 0 Å². The topological polar surface area (TPSA) is 84.5 Å². The summed E-state index contributed by atoms with van der Waals surface area (Å²) in [5.74, 6) is 0.324. The van der Waals surface area contributed by atoms with Crippen molar-refractivity contribution < 1.29 is 17.9 Å². The van der Waals surface area contributed by atoms with Gasteiger partial charge in [-0.2, -0.15) is 0 Å². The van der Waals surface area contributed by atoms with Gasteiger partial charge in [0.15, 0.2) is 0 Å². The van der Waals surface area contributed by atoms with Gasteiger partial charge in [0.2, 0.25) is 0 Å². The summed E-state index contributed by atoms with van der Waals surface area (Å²) >= 11 is 0. The molecular formula is C21H20N2O4S. The molecule has 0 saturated heterocycles. The average molecular weight is 396 g/mol. The lowest BCUT2D eigenvalue weighted by Gasteiger charge is -2.14. The Balaban J connectivity index is 1.79. The summed E-state index contributed by atoms with van der Waals surface area (Å²) in [6.45, 7) is 2.43. The molecule has 0 spiro atoms. The maximum Gasteiger partial charge on any atom is 0.261 e. The fourth-order valence-electron chi connectivity index (χ4n) is 2.55. The molecule has 0 saturated carbocycles. The molecule has 0 fully saturated rings. The number of carbonyl (C=O) groups excluding carboxylic acids is 1. The summed E-state index contributed by atoms with van der Waals surface area (Å²) in [5.41, 5.74) is 1.08. The number of amides is 1. The highest BCUT2D eigenvalue weighted by Gasteiger charge is 2.16. The van der Waals surface area contributed by atoms with Gasteiger partial charge < -0.3 is 10.1 Å². The summed E-state index contributed by atoms with van der Waals surface area (Å²) < 4.78 is 33.0. The molecule has 0 unspecified atom stereocenters. The number of hydrogen-bond acceptors (Lipinski definition) is 4. The minimum Gasteiger partial charge on any atom is -0.494 e. The van der Waals surface area contributed by atoms with Crippen molar-refractivity contribution in [1.82, 2.24) is 0 Å². The van der Waals surface area contributed by atoms with Gasteiger partial charge in [0.05, 0.1) is 22.9 Å². The maximum absolute atomic E-state index is 12.6. The summed E-state index contributed by atoms with van der Waals surface area (Å²) in [5, 5.41) is 2.75. The van der Waals surface area contributed by atoms with Gasteiger partial charge in [-0.15, -0.1) is 0 Å². The van der Waals surface area contributed by atoms with E-state index in [4.69, 9.17) is 4.74 Å². The van der Waals surface area contributed by atoms with Gasteiger partial charge in [0.1, 0.15) is 5.75 Å². The number of para-hydroxylation sites is 2. The highest BCUT2D eigenvalue weighted by atomic mass is 32.2. The van der Waals surface area contributed by atoms with Crippen LogP contribution >= 0.6 is 0 Å². The van der Waals surface area contributed by atoms with E-state index < -0.39 is 10.0 Å². The molecule has 3 aromatic rings. The Morgan fingerprint density at radius 3 is 2.11 bits per heavy atom. The van der Waals surface area contributed by atoms with Crippen molar-refractivity contribution in [3.05, 3.63) is 84.4 Å². The first-order valence-corrected chi connectivity index (χ1v) is 10.2. The van der Waals surface area contributed by atoms with Crippen LogP contribution in [-0.4, -0.2) is 20.9 Å². The zero-order chi connectivity index (χ0) is 20.0. The quantitative estimate of drug-likeness (QED) is 0.629. The molecule has 144 valence electrons. The molecule has 7 heteroatoms. The average Bonchev–Trinajstić information content (AvgIpc) is 2.71. The Bertz CT molecular complexity index is 1050. The minimum atomic E-state index is -3.77. The van der Waals surface area contributed by atoms with Crippen LogP contribution in [0.3, 0.4) is 0 Å². The molecule has 0 bridgehead atoms. The number of anilines is 2. The molecule has 6 nitrogen and oxygen atoms in total. The second-order valence-electron chi connectivity index (χ2n) is 5.88. The van der Waals surface area contributed by atoms with Crippen molar-refractivity contribution in [1.29, 1.82) is 0 Å². The van der Waals surface area contributed by atoms with Gasteiger partial charge >= 0.3 is 0 Å². The first kappa shape index (κ1) is 19.4. The van der Waals surface area contributed by atoms with Crippen LogP contribution in [0, 0.1) is 0 Å². The Hall–Kier alpha value is -3.32. The zero-order valence-corrected chi connectivity index (χ0v) is 16.1. The van der Waals surface area contributed by atoms with Crippen LogP contribution in [0.15, 0.2) is 83.8 Å². The lowest BCUT2D eigenvalue weighted by Crippen LogP contribution is -2.17. The first-order chi connectivity index (χ1) is 13.5. The third-order valence-corrected chi connectivity index (χ3v) is 5.28. The summed E-state index contributed by atoms with van der Waals surface area (Å²) in [6.07, 6.45) is 0. The van der Waals surface area contributed by atoms with Crippen LogP contribution in [0.5, 0.6) is 5.75 Å². The van der Waals surface area contributed by atoms with Crippen LogP contribution in [0.4, 0.5) is 11.4 Å². The lowest BCUT2D eigenvalue weighted by atomic mass is 10.2. The monoisotopic (exact) mass is 396 g/mol. The van der Waals surface area contributed by atoms with Crippen molar-refractivity contribution in [2.45, 2.75) is 11.8 Å². The van der Waals surface area contributed by atoms with Crippen molar-refractivity contribution in [3.63, 3.8) is 0 Å². The second kappa shape index (κ2) is 8.58. The maximum atomic E-state index is 12.6. The number of ether oxygens (including phenoxy) is 1. The van der Waals surface area contributed by atoms with E-state index in [2.05, 4.69) is 10.0 Å². The van der Waals surface area contributed by atoms with Crippen molar-refractivity contribution in [3.8, 4) is 5.75 Å². The van der Waals surface area contributed by atoms with E-state index in [0.717, 1.165) is 0 Å². The molecule has 0 aromatic heterocycles. The van der Waals surface area contributed by atoms with Crippen LogP contribution in [0.2, 0.25) is 0 Å². The van der Waals surface area contributed by atoms with Crippen LogP contribution < -0.4 is 14.8 Å². The predicted octanol–water partition coefficient (Wildman–Crippen LogP) is 4.14. The molecule has 3 aromatic carbocycles. The Kier molecular flexibility index (Phi) is 5.96. The highest BCUT2D eigenvalue weighted by Crippen LogP contribution is 2.25. The minimum absolute atomic E-state index is 0.141. The molecule has 3 rings (SSSR count). The first-order valence-electron chi connectivity index (χ1n) is 8.71. The molecule has 0 atom stereocenters. The van der Waals surface area contributed by atoms with Gasteiger partial charge in [0, 0.05) is 5.56 Å². The molecular weight excluding hydrogens is 376 g/mol. The molecule has 28 heavy (non-hydrogen) atoms. The van der Waals surface area contributed by atoms with E-state index in [1.165, 1.54) is 12.1 Å². The third-order valence-electron chi connectivity index (χ3n) is 3.90. The summed E-state index contributed by atoms with van der Waals surface area (Å²) in [6, 6.07) is 21.4. The smallest absolute Gasteiger partial charge is 0.261 e. The summed E-state index contributed by atoms with van der Waals surface area (Å²) in [4.78, 5) is 12.7. The number of sulfonamides is 1. The Morgan fingerprint density at radius 2 is 1.46 bits per heavy atom. The van der Waals surface area contributed by atoms with Crippen LogP contribution in [0.1, 0.15) is 17.3 Å². The number of hydrogen-bond donors (Lipinski definition) is 2. The van der Waals surface area contributed by atoms with E-state index in [9.17, 15) is 13.2 Å². The van der Waals surface area contributed by atoms with Gasteiger partial charge in [-0.1, -0.05) is 30.3 Å². The lowest BCUT2D eigenvalue weighted by molar-refractivity contribution is 0.102. The number of nitrogens with one attached hydrogen (secondary N) is 2. The second-order valence-corrected chi connectivity index (χ2v) is 7.56. The Labute approximate surface area is 164 Å². The largest absolute Gasteiger partial charge is 0.494 e. The van der Waals surface area contributed by atoms with Gasteiger partial charge in [-0.05, 0) is 55.5 Å². The van der Waals surface area contributed by atoms with E-state index in [1.54, 1.807) is 66.7 Å². The van der Waals surface area contributed by atoms with Crippen molar-refractivity contribution in [2.75, 3.05) is 16.6 Å². The summed E-state index contributed by atoms with van der Waals surface area (Å²) in [7, 11) is -3.77. The van der Waals surface area contributed by atoms with E-state index in [1.807, 2.05) is 6.92 Å². The molecule has 0 aliphatic heterocycles. The van der Waals surface area contributed by atoms with Crippen molar-refractivity contribution >= 4 is 27.3 Å². The molecule has 0 heterocycles. The highest BCUT2D eigenvalue weighted by molar-refractivity contribution is 7.92. The van der Waals surface area contributed by atoms with E-state index >= 15 is 0 Å². The van der Waals surface area contributed by atoms with Gasteiger partial charge in [-0.25, -0.2) is 8.42 Å². The van der Waals surface area contributed by atoms with Gasteiger partial charge in [-0.3, -0.25) is 9.52 Å². The molecule has 1 amide bonds. The predicted molar refractivity (Wildman–Crippen MR) is 109 cm³/mol. The van der Waals surface area contributed by atoms with Gasteiger partial charge in [0.25, 0.3) is 15.9 Å². The molecule has 0 radical (unpaired) electrons. The van der Waals surface area contributed by atoms with E-state index in [-0.39, 0.29) is 16.5 Å². The normalized spacial score (nSPS) is 10.9. The SMILES string of the molecule is CCOc1ccc(C(=O)Nc2ccccc2NS(=O)(=O)c2ccccc2)cc1. The molecule has 2 N–H and O–H groups in total. The van der Waals surface area contributed by atoms with Crippen molar-refractivity contribution in [2.24, 2.45) is 0 Å². The Morgan fingerprint density at radius 1 is 0.857 bits per heavy atom. The number of benzene rings is 3. The molecule has 0 aliphatic rings. The molecule has 0 aliphatic carbocycles. The fraction of sp³-hybridized carbons (Fsp3) is 0.0952. The number of carbonyl (C=O) groups is 1. The standard InChI is InChI=1S/C21H20N2O4S/c1-2-27-17-14-12-16(13-15-17)21(24)22-19-10-6-7-11-20(19)23-28(25,26)18-8-4-3-5-9-18/h3-15,23H,2H2,1H3,(H,22,24). The fourth-order valence-corrected chi connectivity index (χ4v) is 3.65. The van der Waals surface area contributed by atoms with Crippen LogP contribution in [-0.2, 0) is 10.0 Å². The van der Waals surface area contributed by atoms with E-state index in [0.29, 0.717) is 23.6 Å².